The van der Waals surface area contributed by atoms with Crippen LogP contribution in [0.5, 0.6) is 0 Å². The van der Waals surface area contributed by atoms with E-state index in [1.807, 2.05) is 21.3 Å². The van der Waals surface area contributed by atoms with Gasteiger partial charge in [0.05, 0.1) is 30.5 Å². The molecule has 5 saturated carbocycles. The monoisotopic (exact) mass is 435 g/mol. The van der Waals surface area contributed by atoms with Gasteiger partial charge in [0, 0.05) is 57.5 Å². The molecule has 0 unspecified atom stereocenters. The molecule has 174 valence electrons. The number of methoxy groups -OCH3 is 3. The minimum absolute atomic E-state index is 0.0584. The molecule has 3 spiro atoms. The summed E-state index contributed by atoms with van der Waals surface area (Å²) in [6, 6.07) is 0.113. The summed E-state index contributed by atoms with van der Waals surface area (Å²) < 4.78 is 32.1. The second-order valence-electron chi connectivity index (χ2n) is 11.3. The highest BCUT2D eigenvalue weighted by Gasteiger charge is 2.92. The normalized spacial score (nSPS) is 63.4. The number of likely N-dealkylation sites (N-methyl/N-ethyl adjacent to an activating group) is 1. The Balaban J connectivity index is 1.54. The maximum Gasteiger partial charge on any atom is 0.148 e. The average molecular weight is 436 g/mol. The Morgan fingerprint density at radius 2 is 1.90 bits per heavy atom. The second-order valence-corrected chi connectivity index (χ2v) is 11.3. The number of rotatable bonds is 4. The number of nitrogens with zero attached hydrogens (tertiary/aromatic N) is 1. The van der Waals surface area contributed by atoms with Crippen LogP contribution < -0.4 is 0 Å². The molecule has 7 aliphatic rings. The van der Waals surface area contributed by atoms with Crippen LogP contribution in [0.4, 0.5) is 0 Å². The van der Waals surface area contributed by atoms with E-state index in [-0.39, 0.29) is 48.4 Å². The molecule has 0 amide bonds. The van der Waals surface area contributed by atoms with Crippen molar-refractivity contribution in [3.63, 3.8) is 0 Å². The lowest BCUT2D eigenvalue weighted by Gasteiger charge is -2.68. The maximum absolute atomic E-state index is 12.3. The van der Waals surface area contributed by atoms with Crippen molar-refractivity contribution in [1.82, 2.24) is 4.90 Å². The summed E-state index contributed by atoms with van der Waals surface area (Å²) in [6.07, 6.45) is 3.75. The third-order valence-corrected chi connectivity index (χ3v) is 11.4. The Morgan fingerprint density at radius 1 is 1.06 bits per heavy atom. The summed E-state index contributed by atoms with van der Waals surface area (Å²) >= 11 is 0. The third kappa shape index (κ3) is 1.80. The van der Waals surface area contributed by atoms with Crippen molar-refractivity contribution in [3.05, 3.63) is 0 Å². The smallest absolute Gasteiger partial charge is 0.148 e. The van der Waals surface area contributed by atoms with Crippen LogP contribution in [0, 0.1) is 35.0 Å². The predicted molar refractivity (Wildman–Crippen MR) is 110 cm³/mol. The highest BCUT2D eigenvalue weighted by atomic mass is 16.7. The molecule has 7 bridgehead atoms. The molecule has 7 heteroatoms. The van der Waals surface area contributed by atoms with Crippen LogP contribution >= 0.6 is 0 Å². The predicted octanol–water partition coefficient (Wildman–Crippen LogP) is 1.27. The van der Waals surface area contributed by atoms with E-state index in [2.05, 4.69) is 11.8 Å². The molecule has 2 saturated heterocycles. The number of piperidine rings is 1. The van der Waals surface area contributed by atoms with E-state index in [0.29, 0.717) is 17.8 Å². The number of ether oxygens (including phenoxy) is 5. The van der Waals surface area contributed by atoms with Gasteiger partial charge in [0.2, 0.25) is 0 Å². The molecular weight excluding hydrogens is 398 g/mol. The van der Waals surface area contributed by atoms with Crippen LogP contribution in [0.15, 0.2) is 0 Å². The molecule has 0 aromatic carbocycles. The Bertz CT molecular complexity index is 781. The molecule has 7 nitrogen and oxygen atoms in total. The van der Waals surface area contributed by atoms with Gasteiger partial charge in [-0.15, -0.1) is 0 Å². The van der Waals surface area contributed by atoms with E-state index in [9.17, 15) is 5.11 Å². The van der Waals surface area contributed by atoms with Gasteiger partial charge in [-0.2, -0.15) is 0 Å². The highest BCUT2D eigenvalue weighted by Crippen LogP contribution is 2.80. The molecular formula is C24H37NO6. The zero-order valence-electron chi connectivity index (χ0n) is 19.2. The van der Waals surface area contributed by atoms with Gasteiger partial charge in [0.1, 0.15) is 18.0 Å². The first-order valence-corrected chi connectivity index (χ1v) is 12.3. The van der Waals surface area contributed by atoms with Gasteiger partial charge in [0.25, 0.3) is 0 Å². The van der Waals surface area contributed by atoms with Gasteiger partial charge in [0.15, 0.2) is 0 Å². The number of hydrogen-bond acceptors (Lipinski definition) is 7. The van der Waals surface area contributed by atoms with E-state index in [4.69, 9.17) is 23.7 Å². The molecule has 0 aromatic heterocycles. The summed E-state index contributed by atoms with van der Waals surface area (Å²) in [6.45, 7) is 4.51. The van der Waals surface area contributed by atoms with Crippen molar-refractivity contribution in [2.75, 3.05) is 41.2 Å². The molecule has 2 heterocycles. The standard InChI is InChI=1S/C24H37NO6/c1-5-25-10-12-6-7-16(28-3)23-14-8-13-15(27-2)9-22(18(14)19(13)29-4)24(21(23)25,31-11-30-22)20(26)17(12)23/h12-21,26H,5-11H2,1-4H3/t12-,13+,14+,15-,16-,17-,18+,19-,20-,21+,22+,23-,24-/m0/s1. The van der Waals surface area contributed by atoms with Gasteiger partial charge in [-0.25, -0.2) is 0 Å². The molecule has 31 heavy (non-hydrogen) atoms. The van der Waals surface area contributed by atoms with Crippen LogP contribution in [0.25, 0.3) is 0 Å². The lowest BCUT2D eigenvalue weighted by molar-refractivity contribution is -0.275. The molecule has 7 fully saturated rings. The number of hydrogen-bond donors (Lipinski definition) is 1. The first-order chi connectivity index (χ1) is 15.1. The molecule has 0 aromatic rings. The van der Waals surface area contributed by atoms with Crippen molar-refractivity contribution in [2.24, 2.45) is 35.0 Å². The van der Waals surface area contributed by atoms with E-state index in [1.165, 1.54) is 0 Å². The van der Waals surface area contributed by atoms with Crippen molar-refractivity contribution < 1.29 is 28.8 Å². The van der Waals surface area contributed by atoms with Gasteiger partial charge in [-0.05, 0) is 37.6 Å². The zero-order chi connectivity index (χ0) is 21.3. The Labute approximate surface area is 184 Å². The SMILES string of the molecule is CCN1C[C@@H]2CC[C@H](OC)[C@]34[C@@H]2[C@H](O)[C@]2(OCO[C@@]25C[C@H](OC)[C@H]2C[C@@H]3[C@@H]5[C@H]2OC)[C@H]14. The fourth-order valence-corrected chi connectivity index (χ4v) is 11.0. The number of fused-ring (bicyclic) bond motifs is 1. The largest absolute Gasteiger partial charge is 0.390 e. The van der Waals surface area contributed by atoms with Crippen molar-refractivity contribution in [3.8, 4) is 0 Å². The van der Waals surface area contributed by atoms with Gasteiger partial charge >= 0.3 is 0 Å². The summed E-state index contributed by atoms with van der Waals surface area (Å²) in [5.41, 5.74) is -1.44. The molecule has 0 radical (unpaired) electrons. The Morgan fingerprint density at radius 3 is 2.61 bits per heavy atom. The van der Waals surface area contributed by atoms with Crippen molar-refractivity contribution in [1.29, 1.82) is 0 Å². The topological polar surface area (TPSA) is 69.6 Å². The number of likely N-dealkylation sites (tertiary alicyclic amines) is 1. The third-order valence-electron chi connectivity index (χ3n) is 11.4. The lowest BCUT2D eigenvalue weighted by Crippen LogP contribution is -2.80. The Hall–Kier alpha value is -0.280. The van der Waals surface area contributed by atoms with E-state index < -0.39 is 17.3 Å². The van der Waals surface area contributed by atoms with Crippen molar-refractivity contribution >= 4 is 0 Å². The summed E-state index contributed by atoms with van der Waals surface area (Å²) in [5.74, 6) is 1.63. The molecule has 2 aliphatic heterocycles. The Kier molecular flexibility index (Phi) is 4.05. The van der Waals surface area contributed by atoms with Gasteiger partial charge in [-0.1, -0.05) is 6.92 Å². The summed E-state index contributed by atoms with van der Waals surface area (Å²) in [7, 11) is 5.54. The summed E-state index contributed by atoms with van der Waals surface area (Å²) in [5, 5.41) is 12.3. The number of aliphatic hydroxyl groups excluding tert-OH is 1. The van der Waals surface area contributed by atoms with Gasteiger partial charge < -0.3 is 28.8 Å². The van der Waals surface area contributed by atoms with E-state index in [0.717, 1.165) is 38.8 Å². The van der Waals surface area contributed by atoms with Crippen LogP contribution in [-0.2, 0) is 23.7 Å². The average Bonchev–Trinajstić information content (AvgIpc) is 3.35. The van der Waals surface area contributed by atoms with Gasteiger partial charge in [-0.3, -0.25) is 4.90 Å². The highest BCUT2D eigenvalue weighted by molar-refractivity contribution is 5.41. The van der Waals surface area contributed by atoms with Crippen LogP contribution in [0.1, 0.15) is 32.6 Å². The molecule has 7 rings (SSSR count). The fraction of sp³-hybridized carbons (Fsp3) is 1.00. The van der Waals surface area contributed by atoms with E-state index in [1.54, 1.807) is 0 Å². The van der Waals surface area contributed by atoms with E-state index >= 15 is 0 Å². The molecule has 1 N–H and O–H groups in total. The number of aliphatic hydroxyl groups is 1. The molecule has 13 atom stereocenters. The van der Waals surface area contributed by atoms with Crippen LogP contribution in [-0.4, -0.2) is 92.9 Å². The minimum atomic E-state index is -0.742. The van der Waals surface area contributed by atoms with Crippen LogP contribution in [0.3, 0.4) is 0 Å². The zero-order valence-corrected chi connectivity index (χ0v) is 19.2. The lowest BCUT2D eigenvalue weighted by atomic mass is 9.45. The summed E-state index contributed by atoms with van der Waals surface area (Å²) in [4.78, 5) is 2.63. The fourth-order valence-electron chi connectivity index (χ4n) is 11.0. The second kappa shape index (κ2) is 6.23. The molecule has 5 aliphatic carbocycles. The minimum Gasteiger partial charge on any atom is -0.390 e. The first-order valence-electron chi connectivity index (χ1n) is 12.3. The first kappa shape index (κ1) is 20.1. The maximum atomic E-state index is 12.3. The van der Waals surface area contributed by atoms with Crippen molar-refractivity contribution in [2.45, 2.75) is 74.3 Å². The van der Waals surface area contributed by atoms with Crippen LogP contribution in [0.2, 0.25) is 0 Å². The quantitative estimate of drug-likeness (QED) is 0.713.